The van der Waals surface area contributed by atoms with Gasteiger partial charge in [0.2, 0.25) is 0 Å². The van der Waals surface area contributed by atoms with Crippen molar-refractivity contribution < 1.29 is 23.7 Å². The van der Waals surface area contributed by atoms with Crippen molar-refractivity contribution in [3.8, 4) is 0 Å². The molecule has 0 saturated carbocycles. The number of hydrogen-bond donors (Lipinski definition) is 0. The first-order chi connectivity index (χ1) is 7.95. The number of nitro groups is 1. The van der Waals surface area contributed by atoms with Crippen LogP contribution in [0.2, 0.25) is 0 Å². The summed E-state index contributed by atoms with van der Waals surface area (Å²) in [5.74, 6) is -1.77. The average Bonchev–Trinajstić information content (AvgIpc) is 2.73. The zero-order valence-electron chi connectivity index (χ0n) is 9.13. The number of nitrogens with zero attached hydrogens (tertiary/aromatic N) is 1. The van der Waals surface area contributed by atoms with Crippen molar-refractivity contribution in [1.29, 1.82) is 0 Å². The van der Waals surface area contributed by atoms with Crippen molar-refractivity contribution in [2.45, 2.75) is 6.92 Å². The molecule has 90 valence electrons. The van der Waals surface area contributed by atoms with E-state index in [9.17, 15) is 19.7 Å². The van der Waals surface area contributed by atoms with E-state index in [2.05, 4.69) is 4.74 Å². The van der Waals surface area contributed by atoms with E-state index < -0.39 is 22.6 Å². The van der Waals surface area contributed by atoms with Crippen molar-refractivity contribution >= 4 is 23.7 Å². The lowest BCUT2D eigenvalue weighted by Gasteiger charge is -1.99. The van der Waals surface area contributed by atoms with Gasteiger partial charge in [0.05, 0.1) is 13.2 Å². The Hall–Kier alpha value is -2.44. The average molecular weight is 239 g/mol. The molecule has 1 heterocycles. The van der Waals surface area contributed by atoms with E-state index in [4.69, 9.17) is 4.42 Å². The Morgan fingerprint density at radius 3 is 2.53 bits per heavy atom. The molecule has 0 aliphatic rings. The van der Waals surface area contributed by atoms with Gasteiger partial charge in [-0.15, -0.1) is 0 Å². The van der Waals surface area contributed by atoms with Crippen LogP contribution in [0.25, 0.3) is 6.08 Å². The van der Waals surface area contributed by atoms with Gasteiger partial charge in [0.25, 0.3) is 0 Å². The lowest BCUT2D eigenvalue weighted by molar-refractivity contribution is -0.402. The number of esters is 1. The van der Waals surface area contributed by atoms with Crippen LogP contribution in [-0.2, 0) is 14.3 Å². The molecule has 1 aromatic rings. The summed E-state index contributed by atoms with van der Waals surface area (Å²) >= 11 is 0. The van der Waals surface area contributed by atoms with Crippen molar-refractivity contribution in [3.63, 3.8) is 0 Å². The Balaban J connectivity index is 3.09. The molecule has 0 fully saturated rings. The maximum Gasteiger partial charge on any atom is 0.433 e. The van der Waals surface area contributed by atoms with E-state index in [0.717, 1.165) is 19.3 Å². The monoisotopic (exact) mass is 239 g/mol. The topological polar surface area (TPSA) is 99.7 Å². The van der Waals surface area contributed by atoms with Crippen LogP contribution >= 0.6 is 0 Å². The molecular weight excluding hydrogens is 230 g/mol. The summed E-state index contributed by atoms with van der Waals surface area (Å²) in [6.45, 7) is 1.18. The Labute approximate surface area is 95.8 Å². The highest BCUT2D eigenvalue weighted by Crippen LogP contribution is 2.18. The van der Waals surface area contributed by atoms with Crippen LogP contribution in [0.5, 0.6) is 0 Å². The predicted octanol–water partition coefficient (Wildman–Crippen LogP) is 1.33. The van der Waals surface area contributed by atoms with Crippen molar-refractivity contribution in [3.05, 3.63) is 33.6 Å². The Morgan fingerprint density at radius 2 is 2.12 bits per heavy atom. The fourth-order valence-corrected chi connectivity index (χ4v) is 1.07. The molecule has 17 heavy (non-hydrogen) atoms. The van der Waals surface area contributed by atoms with Crippen molar-refractivity contribution in [2.24, 2.45) is 0 Å². The minimum Gasteiger partial charge on any atom is -0.465 e. The molecule has 0 bridgehead atoms. The zero-order chi connectivity index (χ0) is 13.0. The van der Waals surface area contributed by atoms with Crippen LogP contribution in [0, 0.1) is 10.1 Å². The molecule has 0 unspecified atom stereocenters. The third kappa shape index (κ3) is 3.00. The number of rotatable bonds is 4. The van der Waals surface area contributed by atoms with Gasteiger partial charge in [-0.1, -0.05) is 0 Å². The maximum absolute atomic E-state index is 11.2. The van der Waals surface area contributed by atoms with Gasteiger partial charge in [0.15, 0.2) is 5.78 Å². The number of ether oxygens (including phenoxy) is 1. The van der Waals surface area contributed by atoms with E-state index in [1.54, 1.807) is 0 Å². The fourth-order valence-electron chi connectivity index (χ4n) is 1.07. The van der Waals surface area contributed by atoms with Gasteiger partial charge in [0.1, 0.15) is 16.3 Å². The summed E-state index contributed by atoms with van der Waals surface area (Å²) in [5, 5.41) is 10.4. The molecule has 0 spiro atoms. The van der Waals surface area contributed by atoms with E-state index in [-0.39, 0.29) is 11.3 Å². The highest BCUT2D eigenvalue weighted by atomic mass is 16.6. The van der Waals surface area contributed by atoms with Crippen molar-refractivity contribution in [1.82, 2.24) is 0 Å². The summed E-state index contributed by atoms with van der Waals surface area (Å²) in [4.78, 5) is 32.0. The Kier molecular flexibility index (Phi) is 3.76. The number of hydrogen-bond acceptors (Lipinski definition) is 6. The number of ketones is 1. The minimum absolute atomic E-state index is 0.0345. The molecule has 0 amide bonds. The van der Waals surface area contributed by atoms with Crippen LogP contribution in [0.15, 0.2) is 22.1 Å². The number of furan rings is 1. The summed E-state index contributed by atoms with van der Waals surface area (Å²) in [7, 11) is 1.13. The van der Waals surface area contributed by atoms with E-state index in [0.29, 0.717) is 0 Å². The normalized spacial score (nSPS) is 11.1. The second-order valence-electron chi connectivity index (χ2n) is 3.04. The number of carbonyl (C=O) groups excluding carboxylic acids is 2. The number of Topliss-reactive ketones (excluding diaryl/α,β-unsaturated/α-hetero) is 1. The minimum atomic E-state index is -0.823. The van der Waals surface area contributed by atoms with Gasteiger partial charge in [-0.2, -0.15) is 0 Å². The molecule has 0 aliphatic heterocycles. The van der Waals surface area contributed by atoms with Crippen LogP contribution in [0.3, 0.4) is 0 Å². The Bertz CT molecular complexity index is 499. The summed E-state index contributed by atoms with van der Waals surface area (Å²) < 4.78 is 9.18. The lowest BCUT2D eigenvalue weighted by Crippen LogP contribution is -2.11. The lowest BCUT2D eigenvalue weighted by atomic mass is 10.1. The summed E-state index contributed by atoms with van der Waals surface area (Å²) in [6.07, 6.45) is 1.10. The molecule has 7 nitrogen and oxygen atoms in total. The molecule has 1 rings (SSSR count). The van der Waals surface area contributed by atoms with Crippen LogP contribution < -0.4 is 0 Å². The number of methoxy groups -OCH3 is 1. The molecule has 7 heteroatoms. The summed E-state index contributed by atoms with van der Waals surface area (Å²) in [6, 6.07) is 2.41. The standard InChI is InChI=1S/C10H9NO6/c1-6(12)8(10(13)16-2)5-7-3-4-9(17-7)11(14)15/h3-5H,1-2H3/b8-5+. The van der Waals surface area contributed by atoms with Gasteiger partial charge in [0, 0.05) is 0 Å². The fraction of sp³-hybridized carbons (Fsp3) is 0.200. The SMILES string of the molecule is COC(=O)/C(=C/c1ccc([N+](=O)[O-])o1)C(C)=O. The third-order valence-electron chi connectivity index (χ3n) is 1.86. The highest BCUT2D eigenvalue weighted by Gasteiger charge is 2.17. The molecule has 0 saturated heterocycles. The van der Waals surface area contributed by atoms with E-state index in [1.165, 1.54) is 13.0 Å². The second-order valence-corrected chi connectivity index (χ2v) is 3.04. The van der Waals surface area contributed by atoms with Gasteiger partial charge >= 0.3 is 11.9 Å². The molecule has 0 aromatic carbocycles. The van der Waals surface area contributed by atoms with Gasteiger partial charge in [-0.25, -0.2) is 4.79 Å². The van der Waals surface area contributed by atoms with Crippen LogP contribution in [0.1, 0.15) is 12.7 Å². The first-order valence-electron chi connectivity index (χ1n) is 4.51. The van der Waals surface area contributed by atoms with E-state index >= 15 is 0 Å². The molecule has 0 aliphatic carbocycles. The van der Waals surface area contributed by atoms with Gasteiger partial charge < -0.3 is 9.15 Å². The van der Waals surface area contributed by atoms with Crippen molar-refractivity contribution in [2.75, 3.05) is 7.11 Å². The van der Waals surface area contributed by atoms with Crippen LogP contribution in [-0.4, -0.2) is 23.8 Å². The quantitative estimate of drug-likeness (QED) is 0.196. The number of carbonyl (C=O) groups is 2. The molecular formula is C10H9NO6. The van der Waals surface area contributed by atoms with Gasteiger partial charge in [-0.3, -0.25) is 14.9 Å². The Morgan fingerprint density at radius 1 is 1.47 bits per heavy atom. The van der Waals surface area contributed by atoms with Gasteiger partial charge in [-0.05, 0) is 19.1 Å². The smallest absolute Gasteiger partial charge is 0.433 e. The molecule has 1 aromatic heterocycles. The molecule has 0 radical (unpaired) electrons. The largest absolute Gasteiger partial charge is 0.465 e. The summed E-state index contributed by atoms with van der Waals surface area (Å²) in [5.41, 5.74) is -0.239. The maximum atomic E-state index is 11.2. The third-order valence-corrected chi connectivity index (χ3v) is 1.86. The first kappa shape index (κ1) is 12.6. The predicted molar refractivity (Wildman–Crippen MR) is 56.0 cm³/mol. The van der Waals surface area contributed by atoms with E-state index in [1.807, 2.05) is 0 Å². The molecule has 0 N–H and O–H groups in total. The first-order valence-corrected chi connectivity index (χ1v) is 4.51. The highest BCUT2D eigenvalue weighted by molar-refractivity contribution is 6.19. The zero-order valence-corrected chi connectivity index (χ0v) is 9.13. The van der Waals surface area contributed by atoms with Crippen LogP contribution in [0.4, 0.5) is 5.88 Å². The molecule has 0 atom stereocenters. The second kappa shape index (κ2) is 5.06.